The molecule has 3 aromatic rings. The van der Waals surface area contributed by atoms with E-state index < -0.39 is 17.4 Å². The minimum atomic E-state index is -0.874. The number of hydrogen-bond donors (Lipinski definition) is 2. The van der Waals surface area contributed by atoms with Gasteiger partial charge in [0, 0.05) is 20.6 Å². The third-order valence-electron chi connectivity index (χ3n) is 4.99. The van der Waals surface area contributed by atoms with Gasteiger partial charge in [-0.25, -0.2) is 4.79 Å². The highest BCUT2D eigenvalue weighted by molar-refractivity contribution is 5.74. The summed E-state index contributed by atoms with van der Waals surface area (Å²) in [6.07, 6.45) is 2.24. The highest BCUT2D eigenvalue weighted by Crippen LogP contribution is 2.17. The van der Waals surface area contributed by atoms with E-state index in [9.17, 15) is 14.7 Å². The van der Waals surface area contributed by atoms with E-state index in [1.807, 2.05) is 30.3 Å². The van der Waals surface area contributed by atoms with Gasteiger partial charge in [-0.3, -0.25) is 13.9 Å². The van der Waals surface area contributed by atoms with Crippen molar-refractivity contribution >= 4 is 17.1 Å². The SMILES string of the molecule is CCCCCNc1nc2c(c(=O)n(C)c(=O)n2C)n1C[C@@H](O)COc1ccccc1. The number of ether oxygens (including phenoxy) is 1. The van der Waals surface area contributed by atoms with Gasteiger partial charge in [0.25, 0.3) is 5.56 Å². The van der Waals surface area contributed by atoms with Crippen molar-refractivity contribution in [2.24, 2.45) is 14.1 Å². The summed E-state index contributed by atoms with van der Waals surface area (Å²) in [6.45, 7) is 2.97. The Labute approximate surface area is 174 Å². The second-order valence-corrected chi connectivity index (χ2v) is 7.34. The normalized spacial score (nSPS) is 12.3. The molecule has 9 heteroatoms. The van der Waals surface area contributed by atoms with E-state index in [0.29, 0.717) is 18.2 Å². The number of fused-ring (bicyclic) bond motifs is 1. The molecule has 0 aliphatic carbocycles. The Bertz CT molecular complexity index is 1100. The van der Waals surface area contributed by atoms with Gasteiger partial charge < -0.3 is 19.7 Å². The van der Waals surface area contributed by atoms with Crippen LogP contribution in [-0.2, 0) is 20.6 Å². The second kappa shape index (κ2) is 9.62. The Balaban J connectivity index is 1.91. The first-order valence-corrected chi connectivity index (χ1v) is 10.2. The van der Waals surface area contributed by atoms with Crippen molar-refractivity contribution in [1.82, 2.24) is 18.7 Å². The molecule has 0 amide bonds. The molecule has 30 heavy (non-hydrogen) atoms. The van der Waals surface area contributed by atoms with Crippen molar-refractivity contribution < 1.29 is 9.84 Å². The summed E-state index contributed by atoms with van der Waals surface area (Å²) in [5.41, 5.74) is -0.324. The van der Waals surface area contributed by atoms with Crippen LogP contribution >= 0.6 is 0 Å². The number of unbranched alkanes of at least 4 members (excludes halogenated alkanes) is 2. The van der Waals surface area contributed by atoms with Crippen molar-refractivity contribution in [3.05, 3.63) is 51.2 Å². The van der Waals surface area contributed by atoms with Gasteiger partial charge in [0.1, 0.15) is 18.5 Å². The lowest BCUT2D eigenvalue weighted by Crippen LogP contribution is -2.38. The van der Waals surface area contributed by atoms with Gasteiger partial charge in [-0.15, -0.1) is 0 Å². The molecule has 0 fully saturated rings. The number of benzene rings is 1. The number of hydrogen-bond acceptors (Lipinski definition) is 6. The number of nitrogens with one attached hydrogen (secondary N) is 1. The van der Waals surface area contributed by atoms with Gasteiger partial charge in [-0.1, -0.05) is 38.0 Å². The molecule has 0 spiro atoms. The van der Waals surface area contributed by atoms with Gasteiger partial charge in [-0.05, 0) is 18.6 Å². The second-order valence-electron chi connectivity index (χ2n) is 7.34. The maximum Gasteiger partial charge on any atom is 0.332 e. The molecule has 2 aromatic heterocycles. The molecule has 1 atom stereocenters. The molecule has 0 aliphatic heterocycles. The van der Waals surface area contributed by atoms with Crippen LogP contribution in [-0.4, -0.2) is 43.0 Å². The lowest BCUT2D eigenvalue weighted by Gasteiger charge is -2.16. The maximum absolute atomic E-state index is 12.8. The number of aliphatic hydroxyl groups excluding tert-OH is 1. The van der Waals surface area contributed by atoms with Crippen LogP contribution in [0.1, 0.15) is 26.2 Å². The predicted octanol–water partition coefficient (Wildman–Crippen LogP) is 1.48. The van der Waals surface area contributed by atoms with E-state index in [-0.39, 0.29) is 24.3 Å². The minimum Gasteiger partial charge on any atom is -0.491 e. The van der Waals surface area contributed by atoms with Crippen molar-refractivity contribution in [1.29, 1.82) is 0 Å². The number of aryl methyl sites for hydroxylation is 1. The van der Waals surface area contributed by atoms with Crippen LogP contribution in [0.3, 0.4) is 0 Å². The van der Waals surface area contributed by atoms with Crippen LogP contribution in [0.25, 0.3) is 11.2 Å². The van der Waals surface area contributed by atoms with Gasteiger partial charge >= 0.3 is 5.69 Å². The van der Waals surface area contributed by atoms with Crippen LogP contribution in [0.2, 0.25) is 0 Å². The Morgan fingerprint density at radius 2 is 1.87 bits per heavy atom. The minimum absolute atomic E-state index is 0.0606. The summed E-state index contributed by atoms with van der Waals surface area (Å²) in [4.78, 5) is 29.6. The zero-order valence-corrected chi connectivity index (χ0v) is 17.7. The van der Waals surface area contributed by atoms with Crippen LogP contribution < -0.4 is 21.3 Å². The number of rotatable bonds is 10. The Kier molecular flexibility index (Phi) is 6.94. The molecule has 0 unspecified atom stereocenters. The number of nitrogens with zero attached hydrogens (tertiary/aromatic N) is 4. The largest absolute Gasteiger partial charge is 0.491 e. The molecule has 0 saturated heterocycles. The van der Waals surface area contributed by atoms with E-state index in [1.165, 1.54) is 11.6 Å². The molecule has 0 saturated carbocycles. The van der Waals surface area contributed by atoms with Crippen LogP contribution in [0, 0.1) is 0 Å². The molecule has 0 radical (unpaired) electrons. The lowest BCUT2D eigenvalue weighted by atomic mass is 10.2. The monoisotopic (exact) mass is 415 g/mol. The topological polar surface area (TPSA) is 103 Å². The zero-order chi connectivity index (χ0) is 21.7. The zero-order valence-electron chi connectivity index (χ0n) is 17.7. The molecule has 2 heterocycles. The molecule has 0 bridgehead atoms. The number of para-hydroxylation sites is 1. The molecule has 2 N–H and O–H groups in total. The molecule has 0 aliphatic rings. The summed E-state index contributed by atoms with van der Waals surface area (Å²) in [5, 5.41) is 13.8. The molecule has 1 aromatic carbocycles. The van der Waals surface area contributed by atoms with Crippen molar-refractivity contribution in [2.75, 3.05) is 18.5 Å². The molecular formula is C21H29N5O4. The van der Waals surface area contributed by atoms with Crippen LogP contribution in [0.15, 0.2) is 39.9 Å². The van der Waals surface area contributed by atoms with Crippen molar-refractivity contribution in [2.45, 2.75) is 38.8 Å². The summed E-state index contributed by atoms with van der Waals surface area (Å²) in [7, 11) is 3.02. The summed E-state index contributed by atoms with van der Waals surface area (Å²) >= 11 is 0. The van der Waals surface area contributed by atoms with Gasteiger partial charge in [-0.2, -0.15) is 4.98 Å². The third kappa shape index (κ3) is 4.56. The standard InChI is InChI=1S/C21H29N5O4/c1-4-5-9-12-22-20-23-18-17(19(28)25(3)21(29)24(18)2)26(20)13-15(27)14-30-16-10-7-6-8-11-16/h6-8,10-11,15,27H,4-5,9,12-14H2,1-3H3,(H,22,23)/t15-/m1/s1. The Morgan fingerprint density at radius 1 is 1.13 bits per heavy atom. The summed E-state index contributed by atoms with van der Waals surface area (Å²) < 4.78 is 9.67. The van der Waals surface area contributed by atoms with E-state index in [1.54, 1.807) is 11.6 Å². The molecular weight excluding hydrogens is 386 g/mol. The summed E-state index contributed by atoms with van der Waals surface area (Å²) in [5.74, 6) is 1.11. The molecule has 9 nitrogen and oxygen atoms in total. The smallest absolute Gasteiger partial charge is 0.332 e. The fourth-order valence-electron chi connectivity index (χ4n) is 3.31. The highest BCUT2D eigenvalue weighted by Gasteiger charge is 2.21. The van der Waals surface area contributed by atoms with Gasteiger partial charge in [0.05, 0.1) is 6.54 Å². The lowest BCUT2D eigenvalue weighted by molar-refractivity contribution is 0.0938. The van der Waals surface area contributed by atoms with Gasteiger partial charge in [0.15, 0.2) is 11.2 Å². The van der Waals surface area contributed by atoms with E-state index in [4.69, 9.17) is 4.74 Å². The first kappa shape index (κ1) is 21.6. The number of aliphatic hydroxyl groups is 1. The average molecular weight is 415 g/mol. The Hall–Kier alpha value is -3.07. The molecule has 162 valence electrons. The first-order chi connectivity index (χ1) is 14.4. The van der Waals surface area contributed by atoms with Crippen LogP contribution in [0.4, 0.5) is 5.95 Å². The van der Waals surface area contributed by atoms with E-state index >= 15 is 0 Å². The highest BCUT2D eigenvalue weighted by atomic mass is 16.5. The third-order valence-corrected chi connectivity index (χ3v) is 4.99. The van der Waals surface area contributed by atoms with E-state index in [0.717, 1.165) is 23.8 Å². The number of aromatic nitrogens is 4. The van der Waals surface area contributed by atoms with Crippen molar-refractivity contribution in [3.8, 4) is 5.75 Å². The summed E-state index contributed by atoms with van der Waals surface area (Å²) in [6, 6.07) is 9.22. The number of anilines is 1. The van der Waals surface area contributed by atoms with Gasteiger partial charge in [0.2, 0.25) is 5.95 Å². The molecule has 3 rings (SSSR count). The first-order valence-electron chi connectivity index (χ1n) is 10.2. The Morgan fingerprint density at radius 3 is 2.57 bits per heavy atom. The van der Waals surface area contributed by atoms with Crippen molar-refractivity contribution in [3.63, 3.8) is 0 Å². The predicted molar refractivity (Wildman–Crippen MR) is 116 cm³/mol. The fraction of sp³-hybridized carbons (Fsp3) is 0.476. The fourth-order valence-corrected chi connectivity index (χ4v) is 3.31. The number of imidazole rings is 1. The van der Waals surface area contributed by atoms with E-state index in [2.05, 4.69) is 17.2 Å². The average Bonchev–Trinajstić information content (AvgIpc) is 3.11. The van der Waals surface area contributed by atoms with Crippen LogP contribution in [0.5, 0.6) is 5.75 Å². The maximum atomic E-state index is 12.8. The quantitative estimate of drug-likeness (QED) is 0.486.